The quantitative estimate of drug-likeness (QED) is 0.740. The standard InChI is InChI=1S/C7H10F3N3O2/c1-12-6(14)13(3-4-15-2)5(11-12)7(8,9)10/h3-4H2,1-2H3. The van der Waals surface area contributed by atoms with Gasteiger partial charge in [0.15, 0.2) is 0 Å². The van der Waals surface area contributed by atoms with Crippen molar-refractivity contribution in [3.8, 4) is 0 Å². The van der Waals surface area contributed by atoms with E-state index in [-0.39, 0.29) is 13.2 Å². The molecule has 86 valence electrons. The lowest BCUT2D eigenvalue weighted by molar-refractivity contribution is -0.148. The van der Waals surface area contributed by atoms with Crippen molar-refractivity contribution in [3.05, 3.63) is 16.3 Å². The smallest absolute Gasteiger partial charge is 0.383 e. The average Bonchev–Trinajstić information content (AvgIpc) is 2.40. The summed E-state index contributed by atoms with van der Waals surface area (Å²) in [7, 11) is 2.51. The van der Waals surface area contributed by atoms with Crippen LogP contribution in [0.5, 0.6) is 0 Å². The third kappa shape index (κ3) is 2.38. The first-order chi connectivity index (χ1) is 6.88. The van der Waals surface area contributed by atoms with E-state index in [2.05, 4.69) is 9.84 Å². The molecule has 0 saturated carbocycles. The van der Waals surface area contributed by atoms with Crippen LogP contribution in [0, 0.1) is 0 Å². The van der Waals surface area contributed by atoms with Crippen molar-refractivity contribution in [1.82, 2.24) is 14.3 Å². The van der Waals surface area contributed by atoms with Crippen molar-refractivity contribution >= 4 is 0 Å². The zero-order chi connectivity index (χ0) is 11.6. The lowest BCUT2D eigenvalue weighted by Crippen LogP contribution is -2.27. The molecular formula is C7H10F3N3O2. The molecule has 8 heteroatoms. The summed E-state index contributed by atoms with van der Waals surface area (Å²) in [5, 5.41) is 3.12. The van der Waals surface area contributed by atoms with Gasteiger partial charge in [-0.15, -0.1) is 5.10 Å². The van der Waals surface area contributed by atoms with Crippen molar-refractivity contribution in [3.63, 3.8) is 0 Å². The van der Waals surface area contributed by atoms with Crippen LogP contribution in [0.2, 0.25) is 0 Å². The zero-order valence-corrected chi connectivity index (χ0v) is 8.21. The minimum atomic E-state index is -4.63. The Morgan fingerprint density at radius 3 is 2.53 bits per heavy atom. The number of methoxy groups -OCH3 is 1. The summed E-state index contributed by atoms with van der Waals surface area (Å²) in [5.74, 6) is -1.20. The molecule has 15 heavy (non-hydrogen) atoms. The fourth-order valence-electron chi connectivity index (χ4n) is 1.10. The van der Waals surface area contributed by atoms with Crippen LogP contribution in [0.3, 0.4) is 0 Å². The van der Waals surface area contributed by atoms with Crippen molar-refractivity contribution in [2.45, 2.75) is 12.7 Å². The minimum absolute atomic E-state index is 0.0225. The highest BCUT2D eigenvalue weighted by Gasteiger charge is 2.38. The minimum Gasteiger partial charge on any atom is -0.383 e. The van der Waals surface area contributed by atoms with Crippen LogP contribution < -0.4 is 5.69 Å². The van der Waals surface area contributed by atoms with Gasteiger partial charge in [0.1, 0.15) is 0 Å². The van der Waals surface area contributed by atoms with Gasteiger partial charge in [0, 0.05) is 14.2 Å². The maximum absolute atomic E-state index is 12.4. The Labute approximate surface area is 83.1 Å². The van der Waals surface area contributed by atoms with E-state index in [1.165, 1.54) is 14.2 Å². The first kappa shape index (κ1) is 11.8. The van der Waals surface area contributed by atoms with Crippen LogP contribution in [-0.2, 0) is 24.5 Å². The number of halogens is 3. The predicted octanol–water partition coefficient (Wildman–Crippen LogP) is 0.247. The monoisotopic (exact) mass is 225 g/mol. The molecule has 0 fully saturated rings. The third-order valence-corrected chi connectivity index (χ3v) is 1.78. The Morgan fingerprint density at radius 1 is 1.47 bits per heavy atom. The first-order valence-electron chi connectivity index (χ1n) is 4.08. The molecular weight excluding hydrogens is 215 g/mol. The summed E-state index contributed by atoms with van der Waals surface area (Å²) in [4.78, 5) is 11.2. The van der Waals surface area contributed by atoms with Crippen LogP contribution in [0.1, 0.15) is 5.82 Å². The molecule has 0 aliphatic rings. The summed E-state index contributed by atoms with van der Waals surface area (Å²) in [6.45, 7) is -0.146. The number of hydrogen-bond donors (Lipinski definition) is 0. The number of hydrogen-bond acceptors (Lipinski definition) is 3. The second kappa shape index (κ2) is 4.05. The Balaban J connectivity index is 3.16. The van der Waals surface area contributed by atoms with Crippen molar-refractivity contribution in [1.29, 1.82) is 0 Å². The van der Waals surface area contributed by atoms with Gasteiger partial charge in [-0.1, -0.05) is 0 Å². The molecule has 0 N–H and O–H groups in total. The number of rotatable bonds is 3. The highest BCUT2D eigenvalue weighted by Crippen LogP contribution is 2.26. The van der Waals surface area contributed by atoms with Crippen LogP contribution in [-0.4, -0.2) is 28.1 Å². The molecule has 0 saturated heterocycles. The molecule has 0 aliphatic carbocycles. The second-order valence-corrected chi connectivity index (χ2v) is 2.87. The molecule has 0 aromatic carbocycles. The van der Waals surface area contributed by atoms with Gasteiger partial charge in [-0.2, -0.15) is 13.2 Å². The van der Waals surface area contributed by atoms with E-state index in [4.69, 9.17) is 0 Å². The summed E-state index contributed by atoms with van der Waals surface area (Å²) >= 11 is 0. The lowest BCUT2D eigenvalue weighted by Gasteiger charge is -2.06. The second-order valence-electron chi connectivity index (χ2n) is 2.87. The van der Waals surface area contributed by atoms with E-state index in [1.807, 2.05) is 0 Å². The van der Waals surface area contributed by atoms with Gasteiger partial charge in [-0.3, -0.25) is 4.57 Å². The number of aromatic nitrogens is 3. The molecule has 1 heterocycles. The number of nitrogens with zero attached hydrogens (tertiary/aromatic N) is 3. The molecule has 0 atom stereocenters. The van der Waals surface area contributed by atoms with E-state index in [0.717, 1.165) is 0 Å². The molecule has 0 amide bonds. The third-order valence-electron chi connectivity index (χ3n) is 1.78. The molecule has 1 aromatic heterocycles. The number of alkyl halides is 3. The van der Waals surface area contributed by atoms with Gasteiger partial charge in [0.2, 0.25) is 5.82 Å². The number of aryl methyl sites for hydroxylation is 1. The molecule has 0 aliphatic heterocycles. The largest absolute Gasteiger partial charge is 0.451 e. The normalized spacial score (nSPS) is 12.1. The van der Waals surface area contributed by atoms with Gasteiger partial charge < -0.3 is 4.74 Å². The number of ether oxygens (including phenoxy) is 1. The molecule has 5 nitrogen and oxygen atoms in total. The van der Waals surface area contributed by atoms with E-state index in [1.54, 1.807) is 0 Å². The fraction of sp³-hybridized carbons (Fsp3) is 0.714. The molecule has 1 aromatic rings. The Kier molecular flexibility index (Phi) is 3.18. The topological polar surface area (TPSA) is 49.0 Å². The fourth-order valence-corrected chi connectivity index (χ4v) is 1.10. The van der Waals surface area contributed by atoms with E-state index in [9.17, 15) is 18.0 Å². The van der Waals surface area contributed by atoms with Crippen molar-refractivity contribution in [2.75, 3.05) is 13.7 Å². The maximum atomic E-state index is 12.4. The van der Waals surface area contributed by atoms with Crippen LogP contribution in [0.25, 0.3) is 0 Å². The van der Waals surface area contributed by atoms with E-state index < -0.39 is 17.7 Å². The Morgan fingerprint density at radius 2 is 2.07 bits per heavy atom. The van der Waals surface area contributed by atoms with Crippen LogP contribution in [0.15, 0.2) is 4.79 Å². The molecule has 0 unspecified atom stereocenters. The highest BCUT2D eigenvalue weighted by atomic mass is 19.4. The zero-order valence-electron chi connectivity index (χ0n) is 8.21. The summed E-state index contributed by atoms with van der Waals surface area (Å²) in [6, 6.07) is 0. The van der Waals surface area contributed by atoms with E-state index >= 15 is 0 Å². The SMILES string of the molecule is COCCn1c(C(F)(F)F)nn(C)c1=O. The van der Waals surface area contributed by atoms with Gasteiger partial charge in [0.05, 0.1) is 13.2 Å². The summed E-state index contributed by atoms with van der Waals surface area (Å²) in [5.41, 5.74) is -0.806. The Bertz CT molecular complexity index is 393. The van der Waals surface area contributed by atoms with Crippen molar-refractivity contribution < 1.29 is 17.9 Å². The van der Waals surface area contributed by atoms with Crippen LogP contribution in [0.4, 0.5) is 13.2 Å². The Hall–Kier alpha value is -1.31. The summed E-state index contributed by atoms with van der Waals surface area (Å²) in [6.07, 6.45) is -4.63. The summed E-state index contributed by atoms with van der Waals surface area (Å²) < 4.78 is 43.0. The molecule has 0 radical (unpaired) electrons. The van der Waals surface area contributed by atoms with Gasteiger partial charge >= 0.3 is 11.9 Å². The molecule has 0 bridgehead atoms. The van der Waals surface area contributed by atoms with Gasteiger partial charge in [0.25, 0.3) is 0 Å². The lowest BCUT2D eigenvalue weighted by atomic mass is 10.5. The van der Waals surface area contributed by atoms with Gasteiger partial charge in [-0.05, 0) is 0 Å². The molecule has 0 spiro atoms. The van der Waals surface area contributed by atoms with E-state index in [0.29, 0.717) is 9.25 Å². The molecule has 1 rings (SSSR count). The predicted molar refractivity (Wildman–Crippen MR) is 44.3 cm³/mol. The van der Waals surface area contributed by atoms with Gasteiger partial charge in [-0.25, -0.2) is 9.48 Å². The van der Waals surface area contributed by atoms with Crippen LogP contribution >= 0.6 is 0 Å². The maximum Gasteiger partial charge on any atom is 0.451 e. The average molecular weight is 225 g/mol. The van der Waals surface area contributed by atoms with Crippen molar-refractivity contribution in [2.24, 2.45) is 7.05 Å². The first-order valence-corrected chi connectivity index (χ1v) is 4.08. The highest BCUT2D eigenvalue weighted by molar-refractivity contribution is 4.92.